The third-order valence-electron chi connectivity index (χ3n) is 5.63. The van der Waals surface area contributed by atoms with Gasteiger partial charge >= 0.3 is 23.9 Å². The van der Waals surface area contributed by atoms with Crippen LogP contribution in [-0.4, -0.2) is 30.1 Å². The molecule has 0 spiro atoms. The molecular weight excluding hydrogens is 717 g/mol. The zero-order valence-corrected chi connectivity index (χ0v) is 22.6. The number of hydrogen-bond donors (Lipinski definition) is 2. The molecule has 3 N–H and O–H groups in total. The van der Waals surface area contributed by atoms with Gasteiger partial charge in [0.15, 0.2) is 0 Å². The minimum absolute atomic E-state index is 0.0107. The third-order valence-corrected chi connectivity index (χ3v) is 6.88. The molecule has 41 heavy (non-hydrogen) atoms. The summed E-state index contributed by atoms with van der Waals surface area (Å²) in [6.07, 6.45) is -13.7. The van der Waals surface area contributed by atoms with Crippen LogP contribution in [0.4, 0.5) is 54.0 Å². The van der Waals surface area contributed by atoms with E-state index in [9.17, 15) is 57.9 Å². The number of benzene rings is 3. The molecular formula is C24H11Br2F11N2O2. The van der Waals surface area contributed by atoms with Gasteiger partial charge in [-0.15, -0.1) is 0 Å². The first-order chi connectivity index (χ1) is 18.6. The molecule has 1 unspecified atom stereocenters. The molecule has 0 radical (unpaired) electrons. The van der Waals surface area contributed by atoms with Gasteiger partial charge in [0.05, 0.1) is 5.69 Å². The molecule has 1 atom stereocenters. The third kappa shape index (κ3) is 5.65. The summed E-state index contributed by atoms with van der Waals surface area (Å²) in [6, 6.07) is 6.36. The Morgan fingerprint density at radius 2 is 1.34 bits per heavy atom. The Balaban J connectivity index is 2.03. The lowest BCUT2D eigenvalue weighted by Gasteiger charge is -2.36. The lowest BCUT2D eigenvalue weighted by atomic mass is 9.87. The van der Waals surface area contributed by atoms with Gasteiger partial charge in [-0.2, -0.15) is 35.1 Å². The monoisotopic (exact) mass is 726 g/mol. The maximum atomic E-state index is 14.9. The molecule has 0 heterocycles. The summed E-state index contributed by atoms with van der Waals surface area (Å²) in [4.78, 5) is 24.2. The van der Waals surface area contributed by atoms with E-state index in [4.69, 9.17) is 5.73 Å². The molecule has 3 aromatic rings. The Labute approximate surface area is 239 Å². The SMILES string of the molecule is NC(=O)c1c(F)ccc(-c2cccc(C(=O)Nc3c(Br)cc(C(F)(C(F)(F)F)C(F)(F)C(F)(F)F)cc3Br)c2)c1F. The summed E-state index contributed by atoms with van der Waals surface area (Å²) in [5, 5.41) is 2.14. The van der Waals surface area contributed by atoms with E-state index in [1.54, 1.807) is 0 Å². The van der Waals surface area contributed by atoms with Crippen molar-refractivity contribution in [3.63, 3.8) is 0 Å². The average Bonchev–Trinajstić information content (AvgIpc) is 2.83. The Morgan fingerprint density at radius 3 is 1.83 bits per heavy atom. The first-order valence-corrected chi connectivity index (χ1v) is 12.1. The van der Waals surface area contributed by atoms with Crippen molar-refractivity contribution in [1.82, 2.24) is 0 Å². The fraction of sp³-hybridized carbons (Fsp3) is 0.167. The van der Waals surface area contributed by atoms with Crippen LogP contribution in [0.25, 0.3) is 11.1 Å². The predicted molar refractivity (Wildman–Crippen MR) is 130 cm³/mol. The quantitative estimate of drug-likeness (QED) is 0.250. The van der Waals surface area contributed by atoms with E-state index in [0.717, 1.165) is 24.3 Å². The topological polar surface area (TPSA) is 72.2 Å². The number of nitrogens with two attached hydrogens (primary N) is 1. The number of hydrogen-bond acceptors (Lipinski definition) is 2. The molecule has 17 heteroatoms. The predicted octanol–water partition coefficient (Wildman–Crippen LogP) is 8.43. The molecule has 0 aromatic heterocycles. The summed E-state index contributed by atoms with van der Waals surface area (Å²) in [5.41, 5.74) is -5.61. The van der Waals surface area contributed by atoms with Crippen molar-refractivity contribution >= 4 is 49.4 Å². The van der Waals surface area contributed by atoms with Crippen LogP contribution in [0, 0.1) is 11.6 Å². The standard InChI is InChI=1S/C24H11Br2F11N2O2/c25-13-7-11(21(29,23(32,33)34)22(30,31)24(35,36)37)8-14(26)18(13)39-20(41)10-3-1-2-9(6-10)12-4-5-15(27)16(17(12)28)19(38)40/h1-8H,(H2,38,40)(H,39,41). The number of carbonyl (C=O) groups is 2. The van der Waals surface area contributed by atoms with Gasteiger partial charge < -0.3 is 11.1 Å². The summed E-state index contributed by atoms with van der Waals surface area (Å²) in [7, 11) is 0. The van der Waals surface area contributed by atoms with Crippen molar-refractivity contribution in [2.24, 2.45) is 5.73 Å². The molecule has 0 bridgehead atoms. The molecule has 4 nitrogen and oxygen atoms in total. The highest BCUT2D eigenvalue weighted by molar-refractivity contribution is 9.11. The normalized spacial score (nSPS) is 14.0. The number of halogens is 13. The highest BCUT2D eigenvalue weighted by Crippen LogP contribution is 2.59. The summed E-state index contributed by atoms with van der Waals surface area (Å²) in [5.74, 6) is -12.0. The zero-order valence-electron chi connectivity index (χ0n) is 19.4. The number of alkyl halides is 9. The molecule has 0 aliphatic heterocycles. The fourth-order valence-electron chi connectivity index (χ4n) is 3.62. The Morgan fingerprint density at radius 1 is 0.780 bits per heavy atom. The molecule has 3 rings (SSSR count). The summed E-state index contributed by atoms with van der Waals surface area (Å²) < 4.78 is 148. The van der Waals surface area contributed by atoms with Crippen LogP contribution in [0.5, 0.6) is 0 Å². The minimum Gasteiger partial charge on any atom is -0.365 e. The van der Waals surface area contributed by atoms with Crippen LogP contribution < -0.4 is 11.1 Å². The molecule has 2 amide bonds. The second-order valence-electron chi connectivity index (χ2n) is 8.23. The number of nitrogens with one attached hydrogen (secondary N) is 1. The van der Waals surface area contributed by atoms with Crippen LogP contribution in [-0.2, 0) is 5.67 Å². The van der Waals surface area contributed by atoms with Crippen LogP contribution in [0.1, 0.15) is 26.3 Å². The highest BCUT2D eigenvalue weighted by atomic mass is 79.9. The molecule has 0 saturated carbocycles. The fourth-order valence-corrected chi connectivity index (χ4v) is 5.01. The average molecular weight is 728 g/mol. The maximum absolute atomic E-state index is 14.9. The van der Waals surface area contributed by atoms with E-state index in [0.29, 0.717) is 0 Å². The Hall–Kier alpha value is -3.21. The second kappa shape index (κ2) is 10.9. The number of carbonyl (C=O) groups excluding carboxylic acids is 2. The maximum Gasteiger partial charge on any atom is 0.457 e. The van der Waals surface area contributed by atoms with Crippen molar-refractivity contribution in [1.29, 1.82) is 0 Å². The summed E-state index contributed by atoms with van der Waals surface area (Å²) >= 11 is 5.26. The first-order valence-electron chi connectivity index (χ1n) is 10.5. The number of anilines is 1. The van der Waals surface area contributed by atoms with Crippen LogP contribution >= 0.6 is 31.9 Å². The Bertz CT molecular complexity index is 1520. The van der Waals surface area contributed by atoms with Gasteiger partial charge in [0.2, 0.25) is 0 Å². The van der Waals surface area contributed by atoms with E-state index in [1.807, 2.05) is 0 Å². The van der Waals surface area contributed by atoms with Gasteiger partial charge in [-0.1, -0.05) is 12.1 Å². The lowest BCUT2D eigenvalue weighted by Crippen LogP contribution is -2.59. The smallest absolute Gasteiger partial charge is 0.365 e. The van der Waals surface area contributed by atoms with Gasteiger partial charge in [-0.25, -0.2) is 13.2 Å². The van der Waals surface area contributed by atoms with Crippen molar-refractivity contribution in [3.05, 3.63) is 85.8 Å². The van der Waals surface area contributed by atoms with Gasteiger partial charge in [-0.05, 0) is 73.8 Å². The largest absolute Gasteiger partial charge is 0.457 e. The van der Waals surface area contributed by atoms with Gasteiger partial charge in [0.1, 0.15) is 17.2 Å². The molecule has 0 saturated heterocycles. The number of rotatable bonds is 6. The van der Waals surface area contributed by atoms with E-state index in [-0.39, 0.29) is 28.8 Å². The first kappa shape index (κ1) is 32.3. The highest BCUT2D eigenvalue weighted by Gasteiger charge is 2.81. The molecule has 3 aromatic carbocycles. The van der Waals surface area contributed by atoms with E-state index >= 15 is 0 Å². The molecule has 220 valence electrons. The van der Waals surface area contributed by atoms with Crippen molar-refractivity contribution in [2.45, 2.75) is 23.9 Å². The molecule has 0 fully saturated rings. The zero-order chi connectivity index (χ0) is 31.3. The van der Waals surface area contributed by atoms with E-state index in [1.165, 1.54) is 12.1 Å². The van der Waals surface area contributed by atoms with Crippen molar-refractivity contribution in [3.8, 4) is 11.1 Å². The van der Waals surface area contributed by atoms with Gasteiger partial charge in [0, 0.05) is 25.6 Å². The van der Waals surface area contributed by atoms with Gasteiger partial charge in [-0.3, -0.25) is 9.59 Å². The van der Waals surface area contributed by atoms with E-state index in [2.05, 4.69) is 37.2 Å². The lowest BCUT2D eigenvalue weighted by molar-refractivity contribution is -0.389. The van der Waals surface area contributed by atoms with E-state index < -0.39 is 73.2 Å². The van der Waals surface area contributed by atoms with Crippen LogP contribution in [0.15, 0.2) is 57.5 Å². The van der Waals surface area contributed by atoms with Crippen molar-refractivity contribution in [2.75, 3.05) is 5.32 Å². The number of primary amides is 1. The Kier molecular flexibility index (Phi) is 8.58. The van der Waals surface area contributed by atoms with Crippen LogP contribution in [0.2, 0.25) is 0 Å². The number of amides is 2. The van der Waals surface area contributed by atoms with Crippen LogP contribution in [0.3, 0.4) is 0 Å². The molecule has 0 aliphatic carbocycles. The van der Waals surface area contributed by atoms with Gasteiger partial charge in [0.25, 0.3) is 11.8 Å². The van der Waals surface area contributed by atoms with Crippen molar-refractivity contribution < 1.29 is 57.9 Å². The second-order valence-corrected chi connectivity index (χ2v) is 9.94. The minimum atomic E-state index is -6.93. The molecule has 0 aliphatic rings. The summed E-state index contributed by atoms with van der Waals surface area (Å²) in [6.45, 7) is 0.